The largest absolute Gasteiger partial charge is 0.456 e. The molecule has 0 fully saturated rings. The molecule has 0 radical (unpaired) electrons. The molecule has 7 aromatic carbocycles. The molecular formula is C43H27N3O2. The molecule has 1 atom stereocenters. The van der Waals surface area contributed by atoms with Gasteiger partial charge in [-0.3, -0.25) is 0 Å². The van der Waals surface area contributed by atoms with Crippen LogP contribution in [0.5, 0.6) is 0 Å². The van der Waals surface area contributed by atoms with Gasteiger partial charge in [-0.2, -0.15) is 0 Å². The van der Waals surface area contributed by atoms with E-state index in [0.29, 0.717) is 5.84 Å². The highest BCUT2D eigenvalue weighted by Crippen LogP contribution is 2.39. The van der Waals surface area contributed by atoms with Crippen LogP contribution in [0.4, 0.5) is 0 Å². The molecule has 2 aromatic heterocycles. The molecule has 1 aliphatic rings. The van der Waals surface area contributed by atoms with Crippen LogP contribution in [0, 0.1) is 0 Å². The standard InChI is InChI=1S/C43H27N3O2/c1-2-12-27(13-3-1)30-23-24-34(39-32-16-7-9-19-36(32)48-40(30)39)43-45-41(29-22-21-26-11-4-5-14-28(26)25-29)44-42(46-43)33-17-10-20-37-38(33)31-15-6-8-18-35(31)47-37/h1-25,41H,(H,44,45,46). The first-order valence-electron chi connectivity index (χ1n) is 16.1. The minimum absolute atomic E-state index is 0.382. The third kappa shape index (κ3) is 4.18. The minimum atomic E-state index is -0.382. The van der Waals surface area contributed by atoms with Crippen LogP contribution in [0.1, 0.15) is 22.9 Å². The number of aliphatic imine (C=N–C) groups is 2. The summed E-state index contributed by atoms with van der Waals surface area (Å²) in [5.41, 5.74) is 8.39. The van der Waals surface area contributed by atoms with Gasteiger partial charge in [-0.1, -0.05) is 115 Å². The van der Waals surface area contributed by atoms with Crippen molar-refractivity contribution in [2.75, 3.05) is 0 Å². The van der Waals surface area contributed by atoms with Gasteiger partial charge in [0.05, 0.1) is 0 Å². The number of fused-ring (bicyclic) bond motifs is 7. The van der Waals surface area contributed by atoms with Gasteiger partial charge in [0.1, 0.15) is 34.3 Å². The predicted octanol–water partition coefficient (Wildman–Crippen LogP) is 10.8. The molecule has 1 aliphatic heterocycles. The Kier molecular flexibility index (Phi) is 5.87. The van der Waals surface area contributed by atoms with E-state index >= 15 is 0 Å². The second-order valence-electron chi connectivity index (χ2n) is 12.2. The summed E-state index contributed by atoms with van der Waals surface area (Å²) < 4.78 is 12.9. The van der Waals surface area contributed by atoms with Crippen molar-refractivity contribution in [2.45, 2.75) is 6.17 Å². The smallest absolute Gasteiger partial charge is 0.160 e. The Labute approximate surface area is 275 Å². The Hall–Kier alpha value is -6.46. The van der Waals surface area contributed by atoms with Crippen molar-refractivity contribution in [3.8, 4) is 11.1 Å². The van der Waals surface area contributed by atoms with Crippen LogP contribution in [0.3, 0.4) is 0 Å². The molecule has 0 aliphatic carbocycles. The van der Waals surface area contributed by atoms with Crippen molar-refractivity contribution in [3.63, 3.8) is 0 Å². The summed E-state index contributed by atoms with van der Waals surface area (Å²) in [6.45, 7) is 0. The van der Waals surface area contributed by atoms with E-state index in [0.717, 1.165) is 82.9 Å². The normalized spacial score (nSPS) is 14.9. The molecule has 1 N–H and O–H groups in total. The van der Waals surface area contributed by atoms with Crippen LogP contribution < -0.4 is 5.32 Å². The fourth-order valence-corrected chi connectivity index (χ4v) is 7.09. The van der Waals surface area contributed by atoms with Crippen molar-refractivity contribution < 1.29 is 8.83 Å². The van der Waals surface area contributed by atoms with Gasteiger partial charge in [0.15, 0.2) is 5.84 Å². The quantitative estimate of drug-likeness (QED) is 0.214. The van der Waals surface area contributed by atoms with Crippen LogP contribution in [0.25, 0.3) is 65.8 Å². The average Bonchev–Trinajstić information content (AvgIpc) is 3.74. The maximum absolute atomic E-state index is 6.61. The Bertz CT molecular complexity index is 2770. The molecule has 48 heavy (non-hydrogen) atoms. The van der Waals surface area contributed by atoms with Crippen molar-refractivity contribution in [2.24, 2.45) is 9.98 Å². The Morgan fingerprint density at radius 2 is 1.19 bits per heavy atom. The van der Waals surface area contributed by atoms with Gasteiger partial charge in [-0.15, -0.1) is 0 Å². The molecule has 9 aromatic rings. The fraction of sp³-hybridized carbons (Fsp3) is 0.0233. The lowest BCUT2D eigenvalue weighted by Gasteiger charge is -2.24. The van der Waals surface area contributed by atoms with Gasteiger partial charge in [0.2, 0.25) is 0 Å². The summed E-state index contributed by atoms with van der Waals surface area (Å²) in [4.78, 5) is 10.6. The molecule has 0 saturated carbocycles. The number of rotatable bonds is 4. The lowest BCUT2D eigenvalue weighted by molar-refractivity contribution is 0.668. The third-order valence-electron chi connectivity index (χ3n) is 9.34. The van der Waals surface area contributed by atoms with E-state index < -0.39 is 0 Å². The van der Waals surface area contributed by atoms with Crippen LogP contribution in [0.2, 0.25) is 0 Å². The van der Waals surface area contributed by atoms with Crippen molar-refractivity contribution in [3.05, 3.63) is 168 Å². The fourth-order valence-electron chi connectivity index (χ4n) is 7.09. The minimum Gasteiger partial charge on any atom is -0.456 e. The molecule has 1 unspecified atom stereocenters. The maximum atomic E-state index is 6.61. The number of hydrogen-bond acceptors (Lipinski definition) is 5. The second-order valence-corrected chi connectivity index (χ2v) is 12.2. The zero-order valence-corrected chi connectivity index (χ0v) is 25.7. The zero-order chi connectivity index (χ0) is 31.6. The zero-order valence-electron chi connectivity index (χ0n) is 25.7. The lowest BCUT2D eigenvalue weighted by atomic mass is 9.97. The molecule has 0 amide bonds. The topological polar surface area (TPSA) is 63.0 Å². The van der Waals surface area contributed by atoms with Crippen LogP contribution in [-0.4, -0.2) is 11.7 Å². The maximum Gasteiger partial charge on any atom is 0.160 e. The second kappa shape index (κ2) is 10.5. The van der Waals surface area contributed by atoms with Gasteiger partial charge in [0.25, 0.3) is 0 Å². The summed E-state index contributed by atoms with van der Waals surface area (Å²) >= 11 is 0. The number of furan rings is 2. The van der Waals surface area contributed by atoms with Crippen LogP contribution in [-0.2, 0) is 0 Å². The van der Waals surface area contributed by atoms with E-state index in [1.165, 1.54) is 5.39 Å². The SMILES string of the molecule is c1ccc(-c2ccc(C3=NC(c4cccc5oc6ccccc6c45)=NC(c4ccc5ccccc5c4)N3)c3c2oc2ccccc23)cc1. The highest BCUT2D eigenvalue weighted by atomic mass is 16.3. The summed E-state index contributed by atoms with van der Waals surface area (Å²) in [6, 6.07) is 52.1. The lowest BCUT2D eigenvalue weighted by Crippen LogP contribution is -2.33. The van der Waals surface area contributed by atoms with Gasteiger partial charge < -0.3 is 14.2 Å². The molecule has 0 spiro atoms. The van der Waals surface area contributed by atoms with Gasteiger partial charge in [-0.05, 0) is 58.3 Å². The number of nitrogens with zero attached hydrogens (tertiary/aromatic N) is 2. The Morgan fingerprint density at radius 3 is 2.04 bits per heavy atom. The number of benzene rings is 7. The summed E-state index contributed by atoms with van der Waals surface area (Å²) in [6.07, 6.45) is -0.382. The Morgan fingerprint density at radius 1 is 0.500 bits per heavy atom. The number of amidine groups is 2. The van der Waals surface area contributed by atoms with E-state index in [1.807, 2.05) is 48.5 Å². The number of nitrogens with one attached hydrogen (secondary N) is 1. The highest BCUT2D eigenvalue weighted by molar-refractivity contribution is 6.26. The van der Waals surface area contributed by atoms with Crippen LogP contribution >= 0.6 is 0 Å². The summed E-state index contributed by atoms with van der Waals surface area (Å²) in [5, 5.41) is 10.2. The molecule has 3 heterocycles. The molecule has 0 saturated heterocycles. The molecule has 10 rings (SSSR count). The van der Waals surface area contributed by atoms with E-state index in [4.69, 9.17) is 18.8 Å². The van der Waals surface area contributed by atoms with Crippen molar-refractivity contribution >= 4 is 66.3 Å². The molecule has 5 heteroatoms. The Balaban J connectivity index is 1.23. The van der Waals surface area contributed by atoms with Crippen LogP contribution in [0.15, 0.2) is 170 Å². The summed E-state index contributed by atoms with van der Waals surface area (Å²) in [7, 11) is 0. The molecule has 0 bridgehead atoms. The van der Waals surface area contributed by atoms with Gasteiger partial charge in [-0.25, -0.2) is 9.98 Å². The van der Waals surface area contributed by atoms with Crippen molar-refractivity contribution in [1.29, 1.82) is 0 Å². The van der Waals surface area contributed by atoms with E-state index in [2.05, 4.69) is 108 Å². The van der Waals surface area contributed by atoms with E-state index in [9.17, 15) is 0 Å². The summed E-state index contributed by atoms with van der Waals surface area (Å²) in [5.74, 6) is 1.38. The average molecular weight is 618 g/mol. The number of hydrogen-bond donors (Lipinski definition) is 1. The molecule has 5 nitrogen and oxygen atoms in total. The first-order chi connectivity index (χ1) is 23.8. The van der Waals surface area contributed by atoms with E-state index in [-0.39, 0.29) is 6.17 Å². The predicted molar refractivity (Wildman–Crippen MR) is 196 cm³/mol. The van der Waals surface area contributed by atoms with Gasteiger partial charge >= 0.3 is 0 Å². The number of para-hydroxylation sites is 2. The third-order valence-corrected chi connectivity index (χ3v) is 9.34. The highest BCUT2D eigenvalue weighted by Gasteiger charge is 2.26. The first kappa shape index (κ1) is 26.7. The molecular weight excluding hydrogens is 590 g/mol. The monoisotopic (exact) mass is 617 g/mol. The molecule has 226 valence electrons. The van der Waals surface area contributed by atoms with E-state index in [1.54, 1.807) is 0 Å². The van der Waals surface area contributed by atoms with Gasteiger partial charge in [0, 0.05) is 38.2 Å². The first-order valence-corrected chi connectivity index (χ1v) is 16.1. The van der Waals surface area contributed by atoms with Crippen molar-refractivity contribution in [1.82, 2.24) is 5.32 Å².